The Morgan fingerprint density at radius 1 is 1.24 bits per heavy atom. The molecule has 1 aromatic rings. The summed E-state index contributed by atoms with van der Waals surface area (Å²) in [4.78, 5) is 0. The molecule has 0 saturated carbocycles. The van der Waals surface area contributed by atoms with Crippen LogP contribution in [0.1, 0.15) is 31.9 Å². The van der Waals surface area contributed by atoms with Crippen LogP contribution in [-0.4, -0.2) is 0 Å². The van der Waals surface area contributed by atoms with Crippen LogP contribution in [0.2, 0.25) is 0 Å². The number of allylic oxidation sites excluding steroid dienone is 4. The van der Waals surface area contributed by atoms with Crippen LogP contribution >= 0.6 is 0 Å². The first-order valence-corrected chi connectivity index (χ1v) is 5.20. The zero-order chi connectivity index (χ0) is 11.3. The van der Waals surface area contributed by atoms with Gasteiger partial charge < -0.3 is 7.43 Å². The maximum atomic E-state index is 3.94. The summed E-state index contributed by atoms with van der Waals surface area (Å²) in [6, 6.07) is 8.41. The van der Waals surface area contributed by atoms with E-state index in [0.29, 0.717) is 0 Å². The predicted molar refractivity (Wildman–Crippen MR) is 76.0 cm³/mol. The second-order valence-corrected chi connectivity index (χ2v) is 3.77. The third kappa shape index (κ3) is 7.17. The molecule has 1 heteroatoms. The molecular weight excluding hydrogens is 231 g/mol. The first kappa shape index (κ1) is 19.4. The molecule has 0 aliphatic rings. The molecule has 0 nitrogen and oxygen atoms in total. The van der Waals surface area contributed by atoms with Crippen molar-refractivity contribution < 1.29 is 51.4 Å². The molecular formula is C16H21K. The minimum atomic E-state index is 0. The van der Waals surface area contributed by atoms with Gasteiger partial charge in [-0.3, -0.25) is 0 Å². The molecule has 0 bridgehead atoms. The zero-order valence-electron chi connectivity index (χ0n) is 11.7. The van der Waals surface area contributed by atoms with E-state index >= 15 is 0 Å². The van der Waals surface area contributed by atoms with Crippen LogP contribution in [-0.2, 0) is 0 Å². The van der Waals surface area contributed by atoms with Crippen molar-refractivity contribution in [1.82, 2.24) is 0 Å². The topological polar surface area (TPSA) is 0 Å². The van der Waals surface area contributed by atoms with Crippen LogP contribution in [0.15, 0.2) is 48.6 Å². The van der Waals surface area contributed by atoms with E-state index in [9.17, 15) is 0 Å². The Hall–Kier alpha value is 0.0764. The summed E-state index contributed by atoms with van der Waals surface area (Å²) in [7, 11) is 0. The van der Waals surface area contributed by atoms with E-state index in [1.165, 1.54) is 16.7 Å². The van der Waals surface area contributed by atoms with Crippen LogP contribution < -0.4 is 51.4 Å². The second-order valence-electron chi connectivity index (χ2n) is 3.77. The summed E-state index contributed by atoms with van der Waals surface area (Å²) in [5.74, 6) is 0. The van der Waals surface area contributed by atoms with E-state index in [-0.39, 0.29) is 58.8 Å². The zero-order valence-corrected chi connectivity index (χ0v) is 14.9. The molecule has 0 radical (unpaired) electrons. The van der Waals surface area contributed by atoms with Crippen molar-refractivity contribution >= 4 is 11.6 Å². The Labute approximate surface area is 149 Å². The van der Waals surface area contributed by atoms with Crippen LogP contribution in [0, 0.1) is 7.43 Å². The number of hydrogen-bond donors (Lipinski definition) is 0. The van der Waals surface area contributed by atoms with Gasteiger partial charge in [0.2, 0.25) is 0 Å². The molecule has 1 aromatic carbocycles. The summed E-state index contributed by atoms with van der Waals surface area (Å²) in [6.45, 7) is 10.1. The maximum absolute atomic E-state index is 3.94. The molecule has 86 valence electrons. The van der Waals surface area contributed by atoms with Gasteiger partial charge in [0, 0.05) is 0 Å². The summed E-state index contributed by atoms with van der Waals surface area (Å²) >= 11 is 0. The van der Waals surface area contributed by atoms with Gasteiger partial charge in [0.05, 0.1) is 0 Å². The normalized spacial score (nSPS) is 10.6. The number of hydrogen-bond acceptors (Lipinski definition) is 0. The van der Waals surface area contributed by atoms with Crippen molar-refractivity contribution in [2.75, 3.05) is 0 Å². The van der Waals surface area contributed by atoms with Crippen LogP contribution in [0.3, 0.4) is 0 Å². The summed E-state index contributed by atoms with van der Waals surface area (Å²) in [5.41, 5.74) is 4.80. The average Bonchev–Trinajstić information content (AvgIpc) is 2.26. The van der Waals surface area contributed by atoms with Gasteiger partial charge in [0.15, 0.2) is 0 Å². The molecule has 1 rings (SSSR count). The van der Waals surface area contributed by atoms with Gasteiger partial charge in [-0.05, 0) is 38.0 Å². The Kier molecular flexibility index (Phi) is 11.5. The minimum Gasteiger partial charge on any atom is -0.358 e. The van der Waals surface area contributed by atoms with Crippen molar-refractivity contribution in [1.29, 1.82) is 0 Å². The van der Waals surface area contributed by atoms with Gasteiger partial charge in [-0.2, -0.15) is 0 Å². The third-order valence-electron chi connectivity index (χ3n) is 2.37. The molecule has 0 fully saturated rings. The van der Waals surface area contributed by atoms with Gasteiger partial charge in [0.25, 0.3) is 0 Å². The van der Waals surface area contributed by atoms with Crippen LogP contribution in [0.4, 0.5) is 0 Å². The quantitative estimate of drug-likeness (QED) is 0.439. The first-order valence-electron chi connectivity index (χ1n) is 5.20. The van der Waals surface area contributed by atoms with Crippen molar-refractivity contribution in [2.24, 2.45) is 0 Å². The average molecular weight is 252 g/mol. The molecule has 0 aliphatic heterocycles. The van der Waals surface area contributed by atoms with Gasteiger partial charge in [0.1, 0.15) is 0 Å². The molecule has 0 atom stereocenters. The Morgan fingerprint density at radius 2 is 1.88 bits per heavy atom. The van der Waals surface area contributed by atoms with E-state index in [0.717, 1.165) is 5.57 Å². The van der Waals surface area contributed by atoms with Crippen molar-refractivity contribution in [3.8, 4) is 0 Å². The monoisotopic (exact) mass is 252 g/mol. The summed E-state index contributed by atoms with van der Waals surface area (Å²) in [5, 5.41) is 0. The van der Waals surface area contributed by atoms with E-state index in [1.807, 2.05) is 13.8 Å². The van der Waals surface area contributed by atoms with E-state index < -0.39 is 0 Å². The maximum Gasteiger partial charge on any atom is 1.00 e. The third-order valence-corrected chi connectivity index (χ3v) is 2.37. The first-order chi connectivity index (χ1) is 7.13. The molecule has 0 heterocycles. The summed E-state index contributed by atoms with van der Waals surface area (Å²) < 4.78 is 0. The van der Waals surface area contributed by atoms with Crippen molar-refractivity contribution in [3.05, 3.63) is 67.1 Å². The molecule has 0 aromatic heterocycles. The molecule has 0 amide bonds. The van der Waals surface area contributed by atoms with Crippen LogP contribution in [0.5, 0.6) is 0 Å². The second kappa shape index (κ2) is 10.0. The molecule has 0 spiro atoms. The molecule has 0 unspecified atom stereocenters. The molecule has 0 aliphatic carbocycles. The summed E-state index contributed by atoms with van der Waals surface area (Å²) in [6.07, 6.45) is 6.35. The van der Waals surface area contributed by atoms with Gasteiger partial charge in [-0.1, -0.05) is 54.2 Å². The fourth-order valence-corrected chi connectivity index (χ4v) is 1.23. The Morgan fingerprint density at radius 3 is 2.41 bits per heavy atom. The predicted octanol–water partition coefficient (Wildman–Crippen LogP) is 2.15. The number of rotatable bonds is 3. The van der Waals surface area contributed by atoms with Gasteiger partial charge in [-0.25, -0.2) is 0 Å². The SMILES string of the molecule is C=C(C)c1cccc(/C=C/C(C)=C/C)c1.[CH3-].[K+]. The van der Waals surface area contributed by atoms with Crippen molar-refractivity contribution in [2.45, 2.75) is 20.8 Å². The van der Waals surface area contributed by atoms with Gasteiger partial charge in [-0.15, -0.1) is 0 Å². The number of benzene rings is 1. The Balaban J connectivity index is 0. The minimum absolute atomic E-state index is 0. The smallest absolute Gasteiger partial charge is 0.358 e. The van der Waals surface area contributed by atoms with E-state index in [2.05, 4.69) is 56.0 Å². The standard InChI is InChI=1S/C15H18.CH3.K/c1-5-13(4)9-10-14-7-6-8-15(11-14)12(2)3;;/h5-11H,2H2,1,3-4H3;1H3;/q;-1;+1/b10-9+,13-5+;;. The molecule has 17 heavy (non-hydrogen) atoms. The fourth-order valence-electron chi connectivity index (χ4n) is 1.23. The van der Waals surface area contributed by atoms with Gasteiger partial charge >= 0.3 is 51.4 Å². The molecule has 0 saturated heterocycles. The van der Waals surface area contributed by atoms with Crippen molar-refractivity contribution in [3.63, 3.8) is 0 Å². The van der Waals surface area contributed by atoms with E-state index in [4.69, 9.17) is 0 Å². The fraction of sp³-hybridized carbons (Fsp3) is 0.188. The molecule has 0 N–H and O–H groups in total. The Bertz CT molecular complexity index is 411. The van der Waals surface area contributed by atoms with E-state index in [1.54, 1.807) is 0 Å². The largest absolute Gasteiger partial charge is 1.00 e. The van der Waals surface area contributed by atoms with Crippen LogP contribution in [0.25, 0.3) is 11.6 Å².